The number of aryl methyl sites for hydroxylation is 1. The Morgan fingerprint density at radius 1 is 0.968 bits per heavy atom. The second-order valence-electron chi connectivity index (χ2n) is 8.00. The van der Waals surface area contributed by atoms with Gasteiger partial charge in [0.25, 0.3) is 11.8 Å². The summed E-state index contributed by atoms with van der Waals surface area (Å²) in [5.41, 5.74) is 1.20. The van der Waals surface area contributed by atoms with Crippen LogP contribution in [-0.4, -0.2) is 64.2 Å². The third-order valence-electron chi connectivity index (χ3n) is 6.23. The van der Waals surface area contributed by atoms with Crippen molar-refractivity contribution in [1.29, 1.82) is 0 Å². The topological polar surface area (TPSA) is 87.2 Å². The van der Waals surface area contributed by atoms with Crippen LogP contribution in [0.15, 0.2) is 54.6 Å². The van der Waals surface area contributed by atoms with E-state index >= 15 is 0 Å². The van der Waals surface area contributed by atoms with Crippen molar-refractivity contribution in [3.8, 4) is 0 Å². The average Bonchev–Trinajstić information content (AvgIpc) is 3.18. The number of hydrogen-bond donors (Lipinski definition) is 1. The van der Waals surface area contributed by atoms with Crippen LogP contribution < -0.4 is 0 Å². The molecule has 2 saturated heterocycles. The van der Waals surface area contributed by atoms with Crippen LogP contribution in [0.1, 0.15) is 46.0 Å². The number of carboxylic acid groups (broad SMARTS) is 1. The maximum absolute atomic E-state index is 13.2. The Labute approximate surface area is 181 Å². The highest BCUT2D eigenvalue weighted by atomic mass is 16.5. The van der Waals surface area contributed by atoms with E-state index in [-0.39, 0.29) is 18.4 Å². The number of hydrogen-bond acceptors (Lipinski definition) is 4. The van der Waals surface area contributed by atoms with Gasteiger partial charge in [-0.25, -0.2) is 4.79 Å². The zero-order valence-corrected chi connectivity index (χ0v) is 17.5. The van der Waals surface area contributed by atoms with Crippen LogP contribution in [0.5, 0.6) is 0 Å². The molecule has 2 fully saturated rings. The lowest BCUT2D eigenvalue weighted by Crippen LogP contribution is -2.58. The van der Waals surface area contributed by atoms with Crippen LogP contribution in [0.4, 0.5) is 0 Å². The van der Waals surface area contributed by atoms with Gasteiger partial charge in [0.2, 0.25) is 0 Å². The predicted octanol–water partition coefficient (Wildman–Crippen LogP) is 2.81. The first-order valence-corrected chi connectivity index (χ1v) is 10.6. The van der Waals surface area contributed by atoms with Crippen LogP contribution in [0, 0.1) is 0 Å². The van der Waals surface area contributed by atoms with Crippen LogP contribution in [0.2, 0.25) is 0 Å². The Balaban J connectivity index is 1.53. The molecular weight excluding hydrogens is 396 g/mol. The van der Waals surface area contributed by atoms with Crippen molar-refractivity contribution in [3.05, 3.63) is 71.3 Å². The van der Waals surface area contributed by atoms with Gasteiger partial charge in [-0.05, 0) is 36.2 Å². The van der Waals surface area contributed by atoms with Crippen molar-refractivity contribution >= 4 is 17.8 Å². The van der Waals surface area contributed by atoms with E-state index in [9.17, 15) is 19.5 Å². The van der Waals surface area contributed by atoms with Gasteiger partial charge in [-0.15, -0.1) is 0 Å². The van der Waals surface area contributed by atoms with E-state index in [1.807, 2.05) is 24.3 Å². The first kappa shape index (κ1) is 21.1. The van der Waals surface area contributed by atoms with Crippen molar-refractivity contribution in [1.82, 2.24) is 9.80 Å². The third kappa shape index (κ3) is 3.93. The molecule has 2 aliphatic rings. The number of amides is 2. The zero-order valence-electron chi connectivity index (χ0n) is 17.5. The smallest absolute Gasteiger partial charge is 0.328 e. The monoisotopic (exact) mass is 422 g/mol. The Hall–Kier alpha value is -3.19. The number of carbonyl (C=O) groups is 3. The summed E-state index contributed by atoms with van der Waals surface area (Å²) in [7, 11) is 0. The largest absolute Gasteiger partial charge is 0.480 e. The van der Waals surface area contributed by atoms with Gasteiger partial charge < -0.3 is 14.7 Å². The quantitative estimate of drug-likeness (QED) is 0.819. The SMILES string of the molecule is CCc1ccc(C(=O)N2CCC3(CC2)OC[C@H](C(=O)O)N3C(=O)c2ccccc2)cc1. The van der Waals surface area contributed by atoms with Crippen molar-refractivity contribution in [2.24, 2.45) is 0 Å². The number of ether oxygens (including phenoxy) is 1. The Morgan fingerprint density at radius 2 is 1.58 bits per heavy atom. The highest BCUT2D eigenvalue weighted by Crippen LogP contribution is 2.38. The summed E-state index contributed by atoms with van der Waals surface area (Å²) in [4.78, 5) is 41.1. The average molecular weight is 422 g/mol. The maximum atomic E-state index is 13.2. The summed E-state index contributed by atoms with van der Waals surface area (Å²) < 4.78 is 5.96. The third-order valence-corrected chi connectivity index (χ3v) is 6.23. The van der Waals surface area contributed by atoms with E-state index in [0.717, 1.165) is 6.42 Å². The minimum atomic E-state index is -1.09. The molecule has 4 rings (SSSR count). The fourth-order valence-electron chi connectivity index (χ4n) is 4.40. The standard InChI is InChI=1S/C24H26N2O5/c1-2-17-8-10-19(11-9-17)21(27)25-14-12-24(13-15-25)26(20(16-31-24)23(29)30)22(28)18-6-4-3-5-7-18/h3-11,20H,2,12-16H2,1H3,(H,29,30)/t20-/m1/s1. The highest BCUT2D eigenvalue weighted by Gasteiger charge is 2.54. The first-order valence-electron chi connectivity index (χ1n) is 10.6. The number of piperidine rings is 1. The fraction of sp³-hybridized carbons (Fsp3) is 0.375. The summed E-state index contributed by atoms with van der Waals surface area (Å²) in [6.07, 6.45) is 1.65. The zero-order chi connectivity index (χ0) is 22.0. The van der Waals surface area contributed by atoms with Crippen molar-refractivity contribution in [2.45, 2.75) is 38.0 Å². The molecule has 0 bridgehead atoms. The molecule has 2 aromatic carbocycles. The molecule has 2 amide bonds. The van der Waals surface area contributed by atoms with Gasteiger partial charge in [0, 0.05) is 37.1 Å². The molecule has 2 aliphatic heterocycles. The summed E-state index contributed by atoms with van der Waals surface area (Å²) in [6, 6.07) is 15.2. The second kappa shape index (κ2) is 8.51. The number of rotatable bonds is 4. The second-order valence-corrected chi connectivity index (χ2v) is 8.00. The van der Waals surface area contributed by atoms with E-state index in [4.69, 9.17) is 4.74 Å². The lowest BCUT2D eigenvalue weighted by molar-refractivity contribution is -0.143. The van der Waals surface area contributed by atoms with Crippen LogP contribution in [0.3, 0.4) is 0 Å². The van der Waals surface area contributed by atoms with Gasteiger partial charge in [-0.3, -0.25) is 14.5 Å². The summed E-state index contributed by atoms with van der Waals surface area (Å²) >= 11 is 0. The van der Waals surface area contributed by atoms with Crippen molar-refractivity contribution < 1.29 is 24.2 Å². The fourth-order valence-corrected chi connectivity index (χ4v) is 4.40. The van der Waals surface area contributed by atoms with Crippen molar-refractivity contribution in [2.75, 3.05) is 19.7 Å². The van der Waals surface area contributed by atoms with Gasteiger partial charge in [-0.2, -0.15) is 0 Å². The molecule has 0 aromatic heterocycles. The molecular formula is C24H26N2O5. The van der Waals surface area contributed by atoms with E-state index in [0.29, 0.717) is 37.1 Å². The molecule has 0 saturated carbocycles. The molecule has 2 heterocycles. The van der Waals surface area contributed by atoms with Crippen LogP contribution >= 0.6 is 0 Å². The summed E-state index contributed by atoms with van der Waals surface area (Å²) in [5, 5.41) is 9.69. The van der Waals surface area contributed by atoms with Gasteiger partial charge in [0.15, 0.2) is 6.04 Å². The predicted molar refractivity (Wildman–Crippen MR) is 114 cm³/mol. The summed E-state index contributed by atoms with van der Waals surface area (Å²) in [5.74, 6) is -1.51. The first-order chi connectivity index (χ1) is 14.9. The minimum absolute atomic E-state index is 0.0552. The summed E-state index contributed by atoms with van der Waals surface area (Å²) in [6.45, 7) is 2.79. The van der Waals surface area contributed by atoms with E-state index in [1.54, 1.807) is 35.2 Å². The molecule has 1 atom stereocenters. The molecule has 0 aliphatic carbocycles. The van der Waals surface area contributed by atoms with Crippen molar-refractivity contribution in [3.63, 3.8) is 0 Å². The van der Waals surface area contributed by atoms with Crippen LogP contribution in [-0.2, 0) is 16.0 Å². The number of carbonyl (C=O) groups excluding carboxylic acids is 2. The molecule has 31 heavy (non-hydrogen) atoms. The molecule has 0 radical (unpaired) electrons. The number of aliphatic carboxylic acids is 1. The Bertz CT molecular complexity index is 965. The van der Waals surface area contributed by atoms with Gasteiger partial charge in [-0.1, -0.05) is 37.3 Å². The van der Waals surface area contributed by atoms with Crippen LogP contribution in [0.25, 0.3) is 0 Å². The lowest BCUT2D eigenvalue weighted by Gasteiger charge is -2.44. The molecule has 7 heteroatoms. The molecule has 1 N–H and O–H groups in total. The Morgan fingerprint density at radius 3 is 2.16 bits per heavy atom. The molecule has 1 spiro atoms. The van der Waals surface area contributed by atoms with E-state index < -0.39 is 17.7 Å². The molecule has 162 valence electrons. The normalized spacial score (nSPS) is 20.1. The number of benzene rings is 2. The lowest BCUT2D eigenvalue weighted by atomic mass is 9.96. The number of likely N-dealkylation sites (tertiary alicyclic amines) is 1. The van der Waals surface area contributed by atoms with Gasteiger partial charge in [0.1, 0.15) is 5.72 Å². The Kier molecular flexibility index (Phi) is 5.78. The van der Waals surface area contributed by atoms with Gasteiger partial charge >= 0.3 is 5.97 Å². The number of nitrogens with zero attached hydrogens (tertiary/aromatic N) is 2. The van der Waals surface area contributed by atoms with E-state index in [1.165, 1.54) is 10.5 Å². The van der Waals surface area contributed by atoms with Gasteiger partial charge in [0.05, 0.1) is 6.61 Å². The molecule has 2 aromatic rings. The van der Waals surface area contributed by atoms with E-state index in [2.05, 4.69) is 6.92 Å². The number of carboxylic acids is 1. The molecule has 0 unspecified atom stereocenters. The minimum Gasteiger partial charge on any atom is -0.480 e. The molecule has 7 nitrogen and oxygen atoms in total. The highest BCUT2D eigenvalue weighted by molar-refractivity contribution is 5.97. The maximum Gasteiger partial charge on any atom is 0.328 e.